The van der Waals surface area contributed by atoms with Crippen LogP contribution in [0.5, 0.6) is 5.75 Å². The summed E-state index contributed by atoms with van der Waals surface area (Å²) in [6.07, 6.45) is 0. The van der Waals surface area contributed by atoms with Gasteiger partial charge in [-0.15, -0.1) is 0 Å². The Morgan fingerprint density at radius 2 is 1.52 bits per heavy atom. The fourth-order valence-corrected chi connectivity index (χ4v) is 2.15. The average molecular weight is 284 g/mol. The fraction of sp³-hybridized carbons (Fsp3) is 0.235. The molecule has 2 aromatic rings. The zero-order valence-corrected chi connectivity index (χ0v) is 12.8. The molecule has 4 nitrogen and oxygen atoms in total. The Balaban J connectivity index is 2.13. The van der Waals surface area contributed by atoms with Crippen LogP contribution in [-0.2, 0) is 0 Å². The van der Waals surface area contributed by atoms with E-state index in [9.17, 15) is 4.79 Å². The van der Waals surface area contributed by atoms with Gasteiger partial charge in [-0.3, -0.25) is 0 Å². The summed E-state index contributed by atoms with van der Waals surface area (Å²) >= 11 is 0. The van der Waals surface area contributed by atoms with Gasteiger partial charge in [-0.1, -0.05) is 23.8 Å². The van der Waals surface area contributed by atoms with Crippen molar-refractivity contribution in [1.82, 2.24) is 0 Å². The van der Waals surface area contributed by atoms with Gasteiger partial charge in [-0.05, 0) is 50.1 Å². The maximum Gasteiger partial charge on any atom is 0.323 e. The molecule has 0 aliphatic rings. The zero-order valence-electron chi connectivity index (χ0n) is 12.8. The van der Waals surface area contributed by atoms with Gasteiger partial charge in [0.15, 0.2) is 0 Å². The minimum Gasteiger partial charge on any atom is -0.495 e. The number of carbonyl (C=O) groups excluding carboxylic acids is 1. The second-order valence-corrected chi connectivity index (χ2v) is 5.10. The summed E-state index contributed by atoms with van der Waals surface area (Å²) in [4.78, 5) is 12.1. The first-order valence-corrected chi connectivity index (χ1v) is 6.79. The maximum atomic E-state index is 12.1. The summed E-state index contributed by atoms with van der Waals surface area (Å²) in [5, 5.41) is 5.67. The van der Waals surface area contributed by atoms with E-state index in [2.05, 4.69) is 10.6 Å². The third kappa shape index (κ3) is 3.75. The third-order valence-electron chi connectivity index (χ3n) is 3.23. The van der Waals surface area contributed by atoms with Crippen molar-refractivity contribution in [3.63, 3.8) is 0 Å². The van der Waals surface area contributed by atoms with Crippen LogP contribution in [0.15, 0.2) is 36.4 Å². The monoisotopic (exact) mass is 284 g/mol. The first-order chi connectivity index (χ1) is 9.99. The zero-order chi connectivity index (χ0) is 15.4. The highest BCUT2D eigenvalue weighted by Crippen LogP contribution is 2.25. The summed E-state index contributed by atoms with van der Waals surface area (Å²) in [7, 11) is 1.58. The largest absolute Gasteiger partial charge is 0.495 e. The minimum atomic E-state index is -0.286. The van der Waals surface area contributed by atoms with Gasteiger partial charge in [0.25, 0.3) is 0 Å². The predicted molar refractivity (Wildman–Crippen MR) is 86.3 cm³/mol. The molecule has 4 heteroatoms. The lowest BCUT2D eigenvalue weighted by molar-refractivity contribution is 0.262. The number of ether oxygens (including phenoxy) is 1. The van der Waals surface area contributed by atoms with Gasteiger partial charge in [0, 0.05) is 5.69 Å². The fourth-order valence-electron chi connectivity index (χ4n) is 2.15. The Morgan fingerprint density at radius 1 is 0.905 bits per heavy atom. The van der Waals surface area contributed by atoms with E-state index in [-0.39, 0.29) is 6.03 Å². The molecule has 0 fully saturated rings. The number of amides is 2. The minimum absolute atomic E-state index is 0.286. The number of aryl methyl sites for hydroxylation is 3. The molecular weight excluding hydrogens is 264 g/mol. The molecule has 0 spiro atoms. The SMILES string of the molecule is COc1ccc(C)cc1NC(=O)Nc1ccc(C)cc1C. The molecule has 0 unspecified atom stereocenters. The number of anilines is 2. The van der Waals surface area contributed by atoms with Crippen LogP contribution < -0.4 is 15.4 Å². The number of hydrogen-bond acceptors (Lipinski definition) is 2. The van der Waals surface area contributed by atoms with Crippen LogP contribution in [0.2, 0.25) is 0 Å². The Kier molecular flexibility index (Phi) is 4.48. The molecule has 2 rings (SSSR count). The lowest BCUT2D eigenvalue weighted by Gasteiger charge is -2.13. The van der Waals surface area contributed by atoms with E-state index in [4.69, 9.17) is 4.74 Å². The smallest absolute Gasteiger partial charge is 0.323 e. The number of nitrogens with one attached hydrogen (secondary N) is 2. The van der Waals surface area contributed by atoms with E-state index >= 15 is 0 Å². The van der Waals surface area contributed by atoms with Gasteiger partial charge >= 0.3 is 6.03 Å². The Labute approximate surface area is 125 Å². The lowest BCUT2D eigenvalue weighted by Crippen LogP contribution is -2.20. The van der Waals surface area contributed by atoms with E-state index in [1.54, 1.807) is 7.11 Å². The van der Waals surface area contributed by atoms with E-state index in [0.717, 1.165) is 16.8 Å². The van der Waals surface area contributed by atoms with Gasteiger partial charge in [-0.25, -0.2) is 4.79 Å². The molecule has 2 amide bonds. The van der Waals surface area contributed by atoms with E-state index in [0.29, 0.717) is 11.4 Å². The van der Waals surface area contributed by atoms with Crippen molar-refractivity contribution in [1.29, 1.82) is 0 Å². The van der Waals surface area contributed by atoms with Gasteiger partial charge in [0.05, 0.1) is 12.8 Å². The molecule has 2 N–H and O–H groups in total. The van der Waals surface area contributed by atoms with Crippen molar-refractivity contribution in [3.8, 4) is 5.75 Å². The number of benzene rings is 2. The number of hydrogen-bond donors (Lipinski definition) is 2. The molecule has 0 aliphatic carbocycles. The molecular formula is C17H20N2O2. The third-order valence-corrected chi connectivity index (χ3v) is 3.23. The first kappa shape index (κ1) is 14.9. The summed E-state index contributed by atoms with van der Waals surface area (Å²) in [5.41, 5.74) is 4.70. The summed E-state index contributed by atoms with van der Waals surface area (Å²) in [6.45, 7) is 5.96. The van der Waals surface area contributed by atoms with E-state index in [1.165, 1.54) is 5.56 Å². The van der Waals surface area contributed by atoms with Crippen LogP contribution in [-0.4, -0.2) is 13.1 Å². The van der Waals surface area contributed by atoms with Gasteiger partial charge in [-0.2, -0.15) is 0 Å². The molecule has 0 atom stereocenters. The molecule has 0 aromatic heterocycles. The van der Waals surface area contributed by atoms with Crippen LogP contribution >= 0.6 is 0 Å². The molecule has 0 bridgehead atoms. The van der Waals surface area contributed by atoms with Crippen molar-refractivity contribution in [2.75, 3.05) is 17.7 Å². The number of methoxy groups -OCH3 is 1. The van der Waals surface area contributed by atoms with Crippen molar-refractivity contribution in [2.24, 2.45) is 0 Å². The quantitative estimate of drug-likeness (QED) is 0.884. The Hall–Kier alpha value is -2.49. The second kappa shape index (κ2) is 6.31. The molecule has 0 saturated carbocycles. The van der Waals surface area contributed by atoms with Crippen LogP contribution in [0.25, 0.3) is 0 Å². The maximum absolute atomic E-state index is 12.1. The highest BCUT2D eigenvalue weighted by Gasteiger charge is 2.09. The highest BCUT2D eigenvalue weighted by atomic mass is 16.5. The average Bonchev–Trinajstić information content (AvgIpc) is 2.42. The second-order valence-electron chi connectivity index (χ2n) is 5.10. The van der Waals surface area contributed by atoms with Crippen molar-refractivity contribution < 1.29 is 9.53 Å². The summed E-state index contributed by atoms with van der Waals surface area (Å²) in [5.74, 6) is 0.636. The van der Waals surface area contributed by atoms with E-state index < -0.39 is 0 Å². The van der Waals surface area contributed by atoms with Crippen LogP contribution in [0.4, 0.5) is 16.2 Å². The van der Waals surface area contributed by atoms with Crippen molar-refractivity contribution in [2.45, 2.75) is 20.8 Å². The normalized spacial score (nSPS) is 10.1. The Bertz CT molecular complexity index is 666. The number of carbonyl (C=O) groups is 1. The Morgan fingerprint density at radius 3 is 2.19 bits per heavy atom. The van der Waals surface area contributed by atoms with Crippen molar-refractivity contribution >= 4 is 17.4 Å². The number of urea groups is 1. The van der Waals surface area contributed by atoms with E-state index in [1.807, 2.05) is 57.2 Å². The highest BCUT2D eigenvalue weighted by molar-refractivity contribution is 6.01. The van der Waals surface area contributed by atoms with Crippen LogP contribution in [0.3, 0.4) is 0 Å². The molecule has 2 aromatic carbocycles. The van der Waals surface area contributed by atoms with Crippen molar-refractivity contribution in [3.05, 3.63) is 53.1 Å². The summed E-state index contributed by atoms with van der Waals surface area (Å²) < 4.78 is 5.25. The van der Waals surface area contributed by atoms with Crippen LogP contribution in [0.1, 0.15) is 16.7 Å². The topological polar surface area (TPSA) is 50.4 Å². The predicted octanol–water partition coefficient (Wildman–Crippen LogP) is 4.26. The van der Waals surface area contributed by atoms with Gasteiger partial charge in [0.1, 0.15) is 5.75 Å². The van der Waals surface area contributed by atoms with Crippen LogP contribution in [0, 0.1) is 20.8 Å². The number of rotatable bonds is 3. The molecule has 0 radical (unpaired) electrons. The van der Waals surface area contributed by atoms with Gasteiger partial charge < -0.3 is 15.4 Å². The first-order valence-electron chi connectivity index (χ1n) is 6.79. The molecule has 110 valence electrons. The molecule has 0 saturated heterocycles. The van der Waals surface area contributed by atoms with Gasteiger partial charge in [0.2, 0.25) is 0 Å². The summed E-state index contributed by atoms with van der Waals surface area (Å²) in [6, 6.07) is 11.3. The lowest BCUT2D eigenvalue weighted by atomic mass is 10.1. The standard InChI is InChI=1S/C17H20N2O2/c1-11-5-7-14(13(3)9-11)18-17(20)19-15-10-12(2)6-8-16(15)21-4/h5-10H,1-4H3,(H2,18,19,20). The molecule has 0 heterocycles. The molecule has 21 heavy (non-hydrogen) atoms. The molecule has 0 aliphatic heterocycles.